The first-order valence-corrected chi connectivity index (χ1v) is 5.19. The number of carbonyl (C=O) groups is 3. The number of aryl methyl sites for hydroxylation is 1. The van der Waals surface area contributed by atoms with Gasteiger partial charge in [0.1, 0.15) is 6.54 Å². The van der Waals surface area contributed by atoms with Gasteiger partial charge < -0.3 is 15.7 Å². The van der Waals surface area contributed by atoms with Crippen molar-refractivity contribution in [2.45, 2.75) is 6.92 Å². The van der Waals surface area contributed by atoms with Gasteiger partial charge in [-0.1, -0.05) is 0 Å². The zero-order valence-corrected chi connectivity index (χ0v) is 9.77. The summed E-state index contributed by atoms with van der Waals surface area (Å²) in [5, 5.41) is 12.9. The summed E-state index contributed by atoms with van der Waals surface area (Å²) in [6.45, 7) is 0.931. The molecule has 0 saturated carbocycles. The van der Waals surface area contributed by atoms with Crippen LogP contribution in [0.3, 0.4) is 0 Å². The van der Waals surface area contributed by atoms with Crippen LogP contribution in [0.25, 0.3) is 0 Å². The quantitative estimate of drug-likeness (QED) is 0.642. The summed E-state index contributed by atoms with van der Waals surface area (Å²) in [6.07, 6.45) is 1.56. The Morgan fingerprint density at radius 1 is 1.28 bits per heavy atom. The molecule has 1 heterocycles. The van der Waals surface area contributed by atoms with Crippen molar-refractivity contribution in [3.05, 3.63) is 29.6 Å². The minimum absolute atomic E-state index is 0.277. The normalized spacial score (nSPS) is 9.61. The van der Waals surface area contributed by atoms with E-state index in [4.69, 9.17) is 5.11 Å². The first-order valence-electron chi connectivity index (χ1n) is 5.19. The van der Waals surface area contributed by atoms with Gasteiger partial charge in [-0.05, 0) is 19.1 Å². The van der Waals surface area contributed by atoms with Gasteiger partial charge >= 0.3 is 5.97 Å². The van der Waals surface area contributed by atoms with Gasteiger partial charge in [0.25, 0.3) is 5.91 Å². The first kappa shape index (κ1) is 13.6. The summed E-state index contributed by atoms with van der Waals surface area (Å²) in [5.74, 6) is -2.13. The Kier molecular flexibility index (Phi) is 4.79. The van der Waals surface area contributed by atoms with Crippen molar-refractivity contribution in [3.8, 4) is 0 Å². The van der Waals surface area contributed by atoms with Crippen LogP contribution in [0.5, 0.6) is 0 Å². The van der Waals surface area contributed by atoms with Crippen molar-refractivity contribution in [2.75, 3.05) is 13.1 Å². The van der Waals surface area contributed by atoms with Crippen LogP contribution in [-0.2, 0) is 9.59 Å². The van der Waals surface area contributed by atoms with Gasteiger partial charge in [-0.2, -0.15) is 0 Å². The summed E-state index contributed by atoms with van der Waals surface area (Å²) in [4.78, 5) is 37.0. The molecule has 0 saturated heterocycles. The number of rotatable bonds is 5. The van der Waals surface area contributed by atoms with Crippen molar-refractivity contribution in [1.29, 1.82) is 0 Å². The fourth-order valence-corrected chi connectivity index (χ4v) is 1.22. The number of carbonyl (C=O) groups excluding carboxylic acids is 2. The van der Waals surface area contributed by atoms with E-state index in [0.29, 0.717) is 11.3 Å². The molecule has 0 aromatic carbocycles. The summed E-state index contributed by atoms with van der Waals surface area (Å²) in [7, 11) is 0. The van der Waals surface area contributed by atoms with Crippen LogP contribution in [0.1, 0.15) is 16.1 Å². The van der Waals surface area contributed by atoms with E-state index in [-0.39, 0.29) is 6.54 Å². The molecule has 0 bridgehead atoms. The molecule has 7 heteroatoms. The third-order valence-electron chi connectivity index (χ3n) is 2.10. The summed E-state index contributed by atoms with van der Waals surface area (Å²) < 4.78 is 0. The lowest BCUT2D eigenvalue weighted by Crippen LogP contribution is -2.39. The molecule has 0 spiro atoms. The predicted molar refractivity (Wildman–Crippen MR) is 62.0 cm³/mol. The zero-order valence-electron chi connectivity index (χ0n) is 9.77. The Hall–Kier alpha value is -2.44. The Bertz CT molecular complexity index is 473. The lowest BCUT2D eigenvalue weighted by atomic mass is 10.2. The van der Waals surface area contributed by atoms with Gasteiger partial charge in [0, 0.05) is 11.9 Å². The first-order chi connectivity index (χ1) is 8.50. The SMILES string of the molecule is Cc1ncccc1C(=O)NCC(=O)NCC(=O)O. The van der Waals surface area contributed by atoms with Gasteiger partial charge in [-0.3, -0.25) is 19.4 Å². The second-order valence-corrected chi connectivity index (χ2v) is 3.49. The Morgan fingerprint density at radius 2 is 2.00 bits per heavy atom. The molecular formula is C11H13N3O4. The van der Waals surface area contributed by atoms with E-state index in [1.807, 2.05) is 0 Å². The molecule has 0 aliphatic carbocycles. The Morgan fingerprint density at radius 3 is 2.61 bits per heavy atom. The number of hydrogen-bond acceptors (Lipinski definition) is 4. The molecule has 1 aromatic rings. The van der Waals surface area contributed by atoms with Crippen LogP contribution in [0.15, 0.2) is 18.3 Å². The highest BCUT2D eigenvalue weighted by molar-refractivity contribution is 5.97. The molecule has 18 heavy (non-hydrogen) atoms. The average molecular weight is 251 g/mol. The van der Waals surface area contributed by atoms with E-state index < -0.39 is 24.3 Å². The maximum absolute atomic E-state index is 11.7. The number of carboxylic acid groups (broad SMARTS) is 1. The monoisotopic (exact) mass is 251 g/mol. The van der Waals surface area contributed by atoms with E-state index in [9.17, 15) is 14.4 Å². The third kappa shape index (κ3) is 4.20. The molecule has 3 N–H and O–H groups in total. The average Bonchev–Trinajstić information content (AvgIpc) is 2.34. The topological polar surface area (TPSA) is 108 Å². The van der Waals surface area contributed by atoms with Gasteiger partial charge in [0.05, 0.1) is 12.1 Å². The fraction of sp³-hybridized carbons (Fsp3) is 0.273. The molecular weight excluding hydrogens is 238 g/mol. The van der Waals surface area contributed by atoms with Crippen molar-refractivity contribution < 1.29 is 19.5 Å². The minimum Gasteiger partial charge on any atom is -0.480 e. The molecule has 0 unspecified atom stereocenters. The highest BCUT2D eigenvalue weighted by Gasteiger charge is 2.10. The van der Waals surface area contributed by atoms with Gasteiger partial charge in [0.2, 0.25) is 5.91 Å². The van der Waals surface area contributed by atoms with Crippen LogP contribution in [0.2, 0.25) is 0 Å². The second-order valence-electron chi connectivity index (χ2n) is 3.49. The second kappa shape index (κ2) is 6.33. The summed E-state index contributed by atoms with van der Waals surface area (Å²) >= 11 is 0. The molecule has 0 atom stereocenters. The largest absolute Gasteiger partial charge is 0.480 e. The number of pyridine rings is 1. The van der Waals surface area contributed by atoms with Crippen molar-refractivity contribution >= 4 is 17.8 Å². The number of aromatic nitrogens is 1. The Balaban J connectivity index is 2.45. The number of nitrogens with zero attached hydrogens (tertiary/aromatic N) is 1. The van der Waals surface area contributed by atoms with E-state index in [1.165, 1.54) is 0 Å². The minimum atomic E-state index is -1.14. The van der Waals surface area contributed by atoms with E-state index in [1.54, 1.807) is 25.3 Å². The van der Waals surface area contributed by atoms with Crippen LogP contribution in [-0.4, -0.2) is 41.0 Å². The standard InChI is InChI=1S/C11H13N3O4/c1-7-8(3-2-4-12-7)11(18)14-5-9(15)13-6-10(16)17/h2-4H,5-6H2,1H3,(H,13,15)(H,14,18)(H,16,17). The number of aliphatic carboxylic acids is 1. The van der Waals surface area contributed by atoms with Gasteiger partial charge in [-0.15, -0.1) is 0 Å². The maximum Gasteiger partial charge on any atom is 0.322 e. The van der Waals surface area contributed by atoms with Gasteiger partial charge in [-0.25, -0.2) is 0 Å². The lowest BCUT2D eigenvalue weighted by Gasteiger charge is -2.06. The lowest BCUT2D eigenvalue weighted by molar-refractivity contribution is -0.137. The molecule has 0 aliphatic heterocycles. The number of amides is 2. The van der Waals surface area contributed by atoms with Crippen LogP contribution in [0, 0.1) is 6.92 Å². The number of hydrogen-bond donors (Lipinski definition) is 3. The summed E-state index contributed by atoms with van der Waals surface area (Å²) in [5.41, 5.74) is 0.935. The summed E-state index contributed by atoms with van der Waals surface area (Å²) in [6, 6.07) is 3.21. The molecule has 7 nitrogen and oxygen atoms in total. The maximum atomic E-state index is 11.7. The zero-order chi connectivity index (χ0) is 13.5. The van der Waals surface area contributed by atoms with E-state index in [0.717, 1.165) is 0 Å². The van der Waals surface area contributed by atoms with Crippen molar-refractivity contribution in [3.63, 3.8) is 0 Å². The Labute approximate surface area is 103 Å². The number of nitrogens with one attached hydrogen (secondary N) is 2. The van der Waals surface area contributed by atoms with Crippen molar-refractivity contribution in [2.24, 2.45) is 0 Å². The van der Waals surface area contributed by atoms with E-state index in [2.05, 4.69) is 15.6 Å². The number of carboxylic acids is 1. The molecule has 2 amide bonds. The molecule has 1 rings (SSSR count). The smallest absolute Gasteiger partial charge is 0.322 e. The van der Waals surface area contributed by atoms with Crippen LogP contribution in [0.4, 0.5) is 0 Å². The predicted octanol–water partition coefficient (Wildman–Crippen LogP) is -0.679. The van der Waals surface area contributed by atoms with Crippen molar-refractivity contribution in [1.82, 2.24) is 15.6 Å². The van der Waals surface area contributed by atoms with Crippen LogP contribution < -0.4 is 10.6 Å². The van der Waals surface area contributed by atoms with Crippen LogP contribution >= 0.6 is 0 Å². The highest BCUT2D eigenvalue weighted by Crippen LogP contribution is 2.02. The highest BCUT2D eigenvalue weighted by atomic mass is 16.4. The fourth-order valence-electron chi connectivity index (χ4n) is 1.22. The molecule has 0 fully saturated rings. The molecule has 0 aliphatic rings. The third-order valence-corrected chi connectivity index (χ3v) is 2.10. The molecule has 96 valence electrons. The van der Waals surface area contributed by atoms with E-state index >= 15 is 0 Å². The van der Waals surface area contributed by atoms with Gasteiger partial charge in [0.15, 0.2) is 0 Å². The molecule has 1 aromatic heterocycles. The molecule has 0 radical (unpaired) electrons.